The Bertz CT molecular complexity index is 1150. The van der Waals surface area contributed by atoms with Crippen LogP contribution in [0.2, 0.25) is 5.02 Å². The predicted octanol–water partition coefficient (Wildman–Crippen LogP) is 6.40. The summed E-state index contributed by atoms with van der Waals surface area (Å²) in [5.74, 6) is 0.329. The summed E-state index contributed by atoms with van der Waals surface area (Å²) in [6.07, 6.45) is 0. The Labute approximate surface area is 179 Å². The molecule has 0 aliphatic rings. The van der Waals surface area contributed by atoms with Gasteiger partial charge in [0.15, 0.2) is 11.7 Å². The van der Waals surface area contributed by atoms with E-state index in [4.69, 9.17) is 16.3 Å². The third kappa shape index (κ3) is 4.35. The molecule has 4 rings (SSSR count). The van der Waals surface area contributed by atoms with Crippen LogP contribution in [0, 0.1) is 0 Å². The van der Waals surface area contributed by atoms with Gasteiger partial charge in [0.1, 0.15) is 5.75 Å². The van der Waals surface area contributed by atoms with Crippen molar-refractivity contribution < 1.29 is 9.53 Å². The lowest BCUT2D eigenvalue weighted by atomic mass is 10.1. The first-order valence-corrected chi connectivity index (χ1v) is 10.4. The first-order valence-electron chi connectivity index (χ1n) is 8.42. The molecule has 140 valence electrons. The van der Waals surface area contributed by atoms with E-state index in [0.717, 1.165) is 25.8 Å². The van der Waals surface area contributed by atoms with Gasteiger partial charge in [-0.2, -0.15) is 0 Å². The average Bonchev–Trinajstić information content (AvgIpc) is 3.09. The number of fused-ring (bicyclic) bond motifs is 1. The van der Waals surface area contributed by atoms with Crippen LogP contribution in [0.15, 0.2) is 71.2 Å². The molecule has 3 aromatic carbocycles. The van der Waals surface area contributed by atoms with Crippen LogP contribution < -0.4 is 10.1 Å². The van der Waals surface area contributed by atoms with E-state index >= 15 is 0 Å². The molecule has 0 bridgehead atoms. The van der Waals surface area contributed by atoms with Gasteiger partial charge in [-0.05, 0) is 57.4 Å². The summed E-state index contributed by atoms with van der Waals surface area (Å²) in [4.78, 5) is 16.6. The van der Waals surface area contributed by atoms with Crippen LogP contribution >= 0.6 is 38.9 Å². The van der Waals surface area contributed by atoms with E-state index in [1.165, 1.54) is 11.3 Å². The summed E-state index contributed by atoms with van der Waals surface area (Å²) in [7, 11) is 0. The summed E-state index contributed by atoms with van der Waals surface area (Å²) in [6.45, 7) is -0.111. The minimum Gasteiger partial charge on any atom is -0.483 e. The molecule has 0 spiro atoms. The fraction of sp³-hybridized carbons (Fsp3) is 0.0476. The van der Waals surface area contributed by atoms with Crippen molar-refractivity contribution in [3.05, 3.63) is 76.2 Å². The van der Waals surface area contributed by atoms with Crippen LogP contribution in [0.25, 0.3) is 21.3 Å². The average molecular weight is 474 g/mol. The maximum Gasteiger partial charge on any atom is 0.264 e. The van der Waals surface area contributed by atoms with Gasteiger partial charge in [0.25, 0.3) is 5.91 Å². The molecule has 0 aliphatic carbocycles. The van der Waals surface area contributed by atoms with E-state index < -0.39 is 0 Å². The van der Waals surface area contributed by atoms with Gasteiger partial charge in [0.05, 0.1) is 14.7 Å². The Hall–Kier alpha value is -2.41. The van der Waals surface area contributed by atoms with Crippen LogP contribution in [-0.2, 0) is 4.79 Å². The monoisotopic (exact) mass is 472 g/mol. The molecule has 0 aliphatic heterocycles. The van der Waals surface area contributed by atoms with E-state index in [1.807, 2.05) is 60.7 Å². The van der Waals surface area contributed by atoms with Crippen molar-refractivity contribution in [2.75, 3.05) is 11.9 Å². The minimum atomic E-state index is -0.274. The Balaban J connectivity index is 1.40. The maximum atomic E-state index is 12.2. The Morgan fingerprint density at radius 1 is 1.07 bits per heavy atom. The number of thiazole rings is 1. The number of ether oxygens (including phenoxy) is 1. The number of carbonyl (C=O) groups is 1. The number of amides is 1. The van der Waals surface area contributed by atoms with Crippen molar-refractivity contribution in [2.45, 2.75) is 0 Å². The van der Waals surface area contributed by atoms with Crippen molar-refractivity contribution in [3.8, 4) is 16.9 Å². The number of aromatic nitrogens is 1. The molecule has 0 radical (unpaired) electrons. The van der Waals surface area contributed by atoms with E-state index in [2.05, 4.69) is 26.2 Å². The molecule has 4 aromatic rings. The molecular formula is C21H14BrClN2O2S. The number of anilines is 1. The number of hydrogen-bond acceptors (Lipinski definition) is 4. The summed E-state index contributed by atoms with van der Waals surface area (Å²) >= 11 is 10.9. The lowest BCUT2D eigenvalue weighted by Crippen LogP contribution is -2.20. The molecule has 7 heteroatoms. The molecule has 1 heterocycles. The Kier molecular flexibility index (Phi) is 5.62. The highest BCUT2D eigenvalue weighted by Crippen LogP contribution is 2.31. The molecule has 0 unspecified atom stereocenters. The molecule has 0 saturated carbocycles. The molecule has 4 nitrogen and oxygen atoms in total. The van der Waals surface area contributed by atoms with Crippen LogP contribution in [0.3, 0.4) is 0 Å². The first kappa shape index (κ1) is 18.9. The van der Waals surface area contributed by atoms with Crippen LogP contribution in [-0.4, -0.2) is 17.5 Å². The first-order chi connectivity index (χ1) is 13.6. The highest BCUT2D eigenvalue weighted by molar-refractivity contribution is 9.10. The SMILES string of the molecule is O=C(COc1ccc(-c2ccccc2)cc1Br)Nc1nc2ccc(Cl)cc2s1. The Morgan fingerprint density at radius 2 is 1.89 bits per heavy atom. The van der Waals surface area contributed by atoms with Crippen molar-refractivity contribution in [1.82, 2.24) is 4.98 Å². The van der Waals surface area contributed by atoms with Gasteiger partial charge in [0, 0.05) is 5.02 Å². The zero-order valence-electron chi connectivity index (χ0n) is 14.5. The number of benzene rings is 3. The van der Waals surface area contributed by atoms with Crippen molar-refractivity contribution in [1.29, 1.82) is 0 Å². The second kappa shape index (κ2) is 8.31. The number of carbonyl (C=O) groups excluding carboxylic acids is 1. The fourth-order valence-corrected chi connectivity index (χ4v) is 4.33. The quantitative estimate of drug-likeness (QED) is 0.365. The fourth-order valence-electron chi connectivity index (χ4n) is 2.68. The zero-order chi connectivity index (χ0) is 19.5. The van der Waals surface area contributed by atoms with Crippen molar-refractivity contribution >= 4 is 60.1 Å². The highest BCUT2D eigenvalue weighted by atomic mass is 79.9. The van der Waals surface area contributed by atoms with Crippen LogP contribution in [0.5, 0.6) is 5.75 Å². The van der Waals surface area contributed by atoms with Gasteiger partial charge in [-0.3, -0.25) is 10.1 Å². The smallest absolute Gasteiger partial charge is 0.264 e. The highest BCUT2D eigenvalue weighted by Gasteiger charge is 2.11. The predicted molar refractivity (Wildman–Crippen MR) is 118 cm³/mol. The Morgan fingerprint density at radius 3 is 2.68 bits per heavy atom. The number of nitrogens with one attached hydrogen (secondary N) is 1. The van der Waals surface area contributed by atoms with E-state index in [-0.39, 0.29) is 12.5 Å². The van der Waals surface area contributed by atoms with Crippen LogP contribution in [0.1, 0.15) is 0 Å². The normalized spacial score (nSPS) is 10.8. The van der Waals surface area contributed by atoms with E-state index in [9.17, 15) is 4.79 Å². The standard InChI is InChI=1S/C21H14BrClN2O2S/c22-16-10-14(13-4-2-1-3-5-13)6-9-18(16)27-12-20(26)25-21-24-17-8-7-15(23)11-19(17)28-21/h1-11H,12H2,(H,24,25,26). The second-order valence-electron chi connectivity index (χ2n) is 5.98. The van der Waals surface area contributed by atoms with E-state index in [0.29, 0.717) is 15.9 Å². The lowest BCUT2D eigenvalue weighted by molar-refractivity contribution is -0.118. The molecular weight excluding hydrogens is 460 g/mol. The number of halogens is 2. The van der Waals surface area contributed by atoms with Crippen molar-refractivity contribution in [2.24, 2.45) is 0 Å². The summed E-state index contributed by atoms with van der Waals surface area (Å²) in [6, 6.07) is 21.3. The molecule has 0 fully saturated rings. The van der Waals surface area contributed by atoms with Gasteiger partial charge in [-0.1, -0.05) is 59.3 Å². The topological polar surface area (TPSA) is 51.2 Å². The second-order valence-corrected chi connectivity index (χ2v) is 8.30. The van der Waals surface area contributed by atoms with Gasteiger partial charge in [-0.15, -0.1) is 0 Å². The van der Waals surface area contributed by atoms with Gasteiger partial charge in [0.2, 0.25) is 0 Å². The molecule has 0 saturated heterocycles. The van der Waals surface area contributed by atoms with Gasteiger partial charge < -0.3 is 4.74 Å². The molecule has 0 atom stereocenters. The van der Waals surface area contributed by atoms with E-state index in [1.54, 1.807) is 6.07 Å². The summed E-state index contributed by atoms with van der Waals surface area (Å²) in [5, 5.41) is 3.92. The number of rotatable bonds is 5. The zero-order valence-corrected chi connectivity index (χ0v) is 17.6. The summed E-state index contributed by atoms with van der Waals surface area (Å²) in [5.41, 5.74) is 2.98. The molecule has 1 amide bonds. The molecule has 28 heavy (non-hydrogen) atoms. The van der Waals surface area contributed by atoms with Crippen LogP contribution in [0.4, 0.5) is 5.13 Å². The third-order valence-corrected chi connectivity index (χ3v) is 5.78. The summed E-state index contributed by atoms with van der Waals surface area (Å²) < 4.78 is 7.36. The molecule has 1 N–H and O–H groups in total. The maximum absolute atomic E-state index is 12.2. The van der Waals surface area contributed by atoms with Gasteiger partial charge >= 0.3 is 0 Å². The lowest BCUT2D eigenvalue weighted by Gasteiger charge is -2.09. The molecule has 1 aromatic heterocycles. The van der Waals surface area contributed by atoms with Gasteiger partial charge in [-0.25, -0.2) is 4.98 Å². The minimum absolute atomic E-state index is 0.111. The van der Waals surface area contributed by atoms with Crippen molar-refractivity contribution in [3.63, 3.8) is 0 Å². The largest absolute Gasteiger partial charge is 0.483 e. The number of nitrogens with zero attached hydrogens (tertiary/aromatic N) is 1. The number of hydrogen-bond donors (Lipinski definition) is 1. The third-order valence-electron chi connectivity index (χ3n) is 3.99.